The molecule has 0 saturated heterocycles. The highest BCUT2D eigenvalue weighted by molar-refractivity contribution is 4.62. The Kier molecular flexibility index (Phi) is 4.21. The van der Waals surface area contributed by atoms with Gasteiger partial charge in [0.2, 0.25) is 0 Å². The summed E-state index contributed by atoms with van der Waals surface area (Å²) < 4.78 is 0. The summed E-state index contributed by atoms with van der Waals surface area (Å²) in [5.41, 5.74) is 3.51. The van der Waals surface area contributed by atoms with Crippen LogP contribution < -0.4 is 5.48 Å². The molecule has 0 aromatic carbocycles. The summed E-state index contributed by atoms with van der Waals surface area (Å²) in [4.78, 5) is 5.32. The Balaban J connectivity index is 3.35. The van der Waals surface area contributed by atoms with Gasteiger partial charge in [-0.1, -0.05) is 41.5 Å². The molecule has 0 fully saturated rings. The summed E-state index contributed by atoms with van der Waals surface area (Å²) in [5.74, 6) is 0. The molecular weight excluding hydrogens is 150 g/mol. The zero-order valence-corrected chi connectivity index (χ0v) is 9.32. The van der Waals surface area contributed by atoms with Crippen LogP contribution in [0.3, 0.4) is 0 Å². The molecule has 0 bridgehead atoms. The fourth-order valence-corrected chi connectivity index (χ4v) is 0.535. The average molecular weight is 173 g/mol. The molecule has 74 valence electrons. The minimum Gasteiger partial charge on any atom is -0.301 e. The molecule has 0 spiro atoms. The molecule has 0 aromatic rings. The molecule has 2 nitrogen and oxygen atoms in total. The first-order chi connectivity index (χ1) is 5.21. The van der Waals surface area contributed by atoms with Crippen molar-refractivity contribution >= 4 is 0 Å². The molecular formula is C10H23NO. The van der Waals surface area contributed by atoms with Gasteiger partial charge in [0.1, 0.15) is 0 Å². The summed E-state index contributed by atoms with van der Waals surface area (Å²) in [7, 11) is 0. The van der Waals surface area contributed by atoms with Crippen LogP contribution in [-0.4, -0.2) is 13.2 Å². The van der Waals surface area contributed by atoms with E-state index in [1.54, 1.807) is 0 Å². The molecule has 0 aliphatic carbocycles. The van der Waals surface area contributed by atoms with Gasteiger partial charge in [0, 0.05) is 6.54 Å². The van der Waals surface area contributed by atoms with Crippen molar-refractivity contribution in [3.8, 4) is 0 Å². The van der Waals surface area contributed by atoms with Crippen LogP contribution in [-0.2, 0) is 4.84 Å². The van der Waals surface area contributed by atoms with Crippen LogP contribution in [0.1, 0.15) is 41.5 Å². The summed E-state index contributed by atoms with van der Waals surface area (Å²) in [6, 6.07) is 0. The second-order valence-electron chi connectivity index (χ2n) is 5.73. The lowest BCUT2D eigenvalue weighted by molar-refractivity contribution is -0.0152. The quantitative estimate of drug-likeness (QED) is 0.523. The van der Waals surface area contributed by atoms with Crippen LogP contribution in [0.25, 0.3) is 0 Å². The Bertz CT molecular complexity index is 103. The molecule has 2 heteroatoms. The van der Waals surface area contributed by atoms with E-state index in [0.717, 1.165) is 13.2 Å². The van der Waals surface area contributed by atoms with Crippen LogP contribution in [0.15, 0.2) is 0 Å². The minimum absolute atomic E-state index is 0.241. The second-order valence-corrected chi connectivity index (χ2v) is 5.73. The van der Waals surface area contributed by atoms with Gasteiger partial charge in [-0.2, -0.15) is 0 Å². The molecule has 0 radical (unpaired) electrons. The van der Waals surface area contributed by atoms with Gasteiger partial charge < -0.3 is 4.84 Å². The summed E-state index contributed by atoms with van der Waals surface area (Å²) in [5, 5.41) is 0. The molecule has 0 aliphatic rings. The van der Waals surface area contributed by atoms with Gasteiger partial charge in [-0.05, 0) is 10.8 Å². The van der Waals surface area contributed by atoms with Gasteiger partial charge in [-0.25, -0.2) is 5.48 Å². The highest BCUT2D eigenvalue weighted by Crippen LogP contribution is 2.13. The van der Waals surface area contributed by atoms with Crippen LogP contribution in [0.5, 0.6) is 0 Å². The molecule has 0 aromatic heterocycles. The predicted molar refractivity (Wildman–Crippen MR) is 52.9 cm³/mol. The number of hydrogen-bond acceptors (Lipinski definition) is 2. The molecule has 0 aliphatic heterocycles. The Hall–Kier alpha value is -0.0800. The number of nitrogens with one attached hydrogen (secondary N) is 1. The van der Waals surface area contributed by atoms with E-state index in [9.17, 15) is 0 Å². The summed E-state index contributed by atoms with van der Waals surface area (Å²) >= 11 is 0. The van der Waals surface area contributed by atoms with Gasteiger partial charge in [0.05, 0.1) is 6.61 Å². The van der Waals surface area contributed by atoms with Gasteiger partial charge in [0.25, 0.3) is 0 Å². The first-order valence-corrected chi connectivity index (χ1v) is 4.55. The third-order valence-corrected chi connectivity index (χ3v) is 1.21. The highest BCUT2D eigenvalue weighted by atomic mass is 16.6. The lowest BCUT2D eigenvalue weighted by atomic mass is 9.97. The van der Waals surface area contributed by atoms with Crippen molar-refractivity contribution in [2.24, 2.45) is 10.8 Å². The summed E-state index contributed by atoms with van der Waals surface area (Å²) in [6.45, 7) is 14.7. The zero-order valence-electron chi connectivity index (χ0n) is 9.32. The Morgan fingerprint density at radius 2 is 1.42 bits per heavy atom. The van der Waals surface area contributed by atoms with Crippen LogP contribution in [0.4, 0.5) is 0 Å². The van der Waals surface area contributed by atoms with Crippen molar-refractivity contribution in [2.45, 2.75) is 41.5 Å². The van der Waals surface area contributed by atoms with Crippen molar-refractivity contribution in [2.75, 3.05) is 13.2 Å². The number of hydrogen-bond donors (Lipinski definition) is 1. The Labute approximate surface area is 76.6 Å². The molecule has 0 heterocycles. The Morgan fingerprint density at radius 1 is 0.917 bits per heavy atom. The second kappa shape index (κ2) is 4.24. The maximum Gasteiger partial charge on any atom is 0.0730 e. The van der Waals surface area contributed by atoms with E-state index in [4.69, 9.17) is 4.84 Å². The SMILES string of the molecule is CC(C)(C)CNOCC(C)(C)C. The van der Waals surface area contributed by atoms with Crippen LogP contribution >= 0.6 is 0 Å². The third kappa shape index (κ3) is 9.92. The van der Waals surface area contributed by atoms with Crippen molar-refractivity contribution in [3.63, 3.8) is 0 Å². The van der Waals surface area contributed by atoms with Crippen LogP contribution in [0, 0.1) is 10.8 Å². The van der Waals surface area contributed by atoms with Crippen molar-refractivity contribution in [1.82, 2.24) is 5.48 Å². The first kappa shape index (κ1) is 11.9. The van der Waals surface area contributed by atoms with E-state index in [1.165, 1.54) is 0 Å². The fourth-order valence-electron chi connectivity index (χ4n) is 0.535. The Morgan fingerprint density at radius 3 is 1.75 bits per heavy atom. The average Bonchev–Trinajstić information content (AvgIpc) is 1.76. The molecule has 0 atom stereocenters. The van der Waals surface area contributed by atoms with E-state index >= 15 is 0 Å². The van der Waals surface area contributed by atoms with E-state index in [0.29, 0.717) is 0 Å². The van der Waals surface area contributed by atoms with E-state index < -0.39 is 0 Å². The smallest absolute Gasteiger partial charge is 0.0730 e. The van der Waals surface area contributed by atoms with E-state index in [1.807, 2.05) is 0 Å². The lowest BCUT2D eigenvalue weighted by Gasteiger charge is -2.22. The normalized spacial score (nSPS) is 13.5. The molecule has 0 unspecified atom stereocenters. The molecule has 0 rings (SSSR count). The van der Waals surface area contributed by atoms with E-state index in [2.05, 4.69) is 47.0 Å². The fraction of sp³-hybridized carbons (Fsp3) is 1.00. The third-order valence-electron chi connectivity index (χ3n) is 1.21. The number of rotatable bonds is 3. The van der Waals surface area contributed by atoms with Gasteiger partial charge in [-0.3, -0.25) is 0 Å². The maximum atomic E-state index is 5.32. The van der Waals surface area contributed by atoms with Crippen LogP contribution in [0.2, 0.25) is 0 Å². The molecule has 1 N–H and O–H groups in total. The predicted octanol–water partition coefficient (Wildman–Crippen LogP) is 2.60. The van der Waals surface area contributed by atoms with Crippen molar-refractivity contribution in [1.29, 1.82) is 0 Å². The largest absolute Gasteiger partial charge is 0.301 e. The van der Waals surface area contributed by atoms with Gasteiger partial charge >= 0.3 is 0 Å². The molecule has 0 amide bonds. The van der Waals surface area contributed by atoms with Gasteiger partial charge in [0.15, 0.2) is 0 Å². The maximum absolute atomic E-state index is 5.32. The zero-order chi connectivity index (χ0) is 9.83. The number of hydroxylamine groups is 1. The topological polar surface area (TPSA) is 21.3 Å². The monoisotopic (exact) mass is 173 g/mol. The van der Waals surface area contributed by atoms with Crippen molar-refractivity contribution < 1.29 is 4.84 Å². The first-order valence-electron chi connectivity index (χ1n) is 4.55. The van der Waals surface area contributed by atoms with Crippen molar-refractivity contribution in [3.05, 3.63) is 0 Å². The standard InChI is InChI=1S/C10H23NO/c1-9(2,3)7-11-12-8-10(4,5)6/h11H,7-8H2,1-6H3. The summed E-state index contributed by atoms with van der Waals surface area (Å²) in [6.07, 6.45) is 0. The highest BCUT2D eigenvalue weighted by Gasteiger charge is 2.12. The minimum atomic E-state index is 0.241. The van der Waals surface area contributed by atoms with E-state index in [-0.39, 0.29) is 10.8 Å². The lowest BCUT2D eigenvalue weighted by Crippen LogP contribution is -2.30. The molecule has 0 saturated carbocycles. The van der Waals surface area contributed by atoms with Gasteiger partial charge in [-0.15, -0.1) is 0 Å². The molecule has 12 heavy (non-hydrogen) atoms.